The number of nitrogens with zero attached hydrogens (tertiary/aromatic N) is 2. The Labute approximate surface area is 161 Å². The van der Waals surface area contributed by atoms with Gasteiger partial charge in [-0.25, -0.2) is 4.39 Å². The number of nitro groups is 1. The molecule has 2 aromatic carbocycles. The van der Waals surface area contributed by atoms with Crippen LogP contribution in [0.25, 0.3) is 0 Å². The topological polar surface area (TPSA) is 75.5 Å². The van der Waals surface area contributed by atoms with E-state index in [1.54, 1.807) is 25.1 Å². The number of hydrogen-bond acceptors (Lipinski definition) is 4. The van der Waals surface area contributed by atoms with Crippen molar-refractivity contribution in [2.45, 2.75) is 32.4 Å². The molecule has 2 aromatic rings. The summed E-state index contributed by atoms with van der Waals surface area (Å²) in [4.78, 5) is 24.9. The minimum absolute atomic E-state index is 0.0509. The summed E-state index contributed by atoms with van der Waals surface area (Å²) in [5.74, 6) is -0.707. The predicted octanol–water partition coefficient (Wildman–Crippen LogP) is 4.30. The Morgan fingerprint density at radius 1 is 1.33 bits per heavy atom. The number of halogens is 2. The average Bonchev–Trinajstić information content (AvgIpc) is 3.44. The summed E-state index contributed by atoms with van der Waals surface area (Å²) < 4.78 is 14.1. The highest BCUT2D eigenvalue weighted by Gasteiger charge is 2.31. The van der Waals surface area contributed by atoms with Gasteiger partial charge in [-0.05, 0) is 38.0 Å². The van der Waals surface area contributed by atoms with Crippen LogP contribution in [-0.2, 0) is 11.3 Å². The Hall–Kier alpha value is -2.51. The molecule has 0 spiro atoms. The molecule has 0 aliphatic heterocycles. The number of carbonyl (C=O) groups excluding carboxylic acids is 1. The smallest absolute Gasteiger partial charge is 0.274 e. The van der Waals surface area contributed by atoms with E-state index in [1.165, 1.54) is 18.2 Å². The van der Waals surface area contributed by atoms with Crippen molar-refractivity contribution in [2.24, 2.45) is 0 Å². The lowest BCUT2D eigenvalue weighted by Crippen LogP contribution is -2.35. The Balaban J connectivity index is 1.72. The highest BCUT2D eigenvalue weighted by atomic mass is 35.5. The van der Waals surface area contributed by atoms with Crippen LogP contribution in [0.3, 0.4) is 0 Å². The van der Waals surface area contributed by atoms with Gasteiger partial charge in [-0.3, -0.25) is 19.8 Å². The molecule has 0 bridgehead atoms. The summed E-state index contributed by atoms with van der Waals surface area (Å²) in [6, 6.07) is 9.25. The average molecular weight is 392 g/mol. The zero-order valence-corrected chi connectivity index (χ0v) is 15.5. The second-order valence-corrected chi connectivity index (χ2v) is 7.00. The van der Waals surface area contributed by atoms with Gasteiger partial charge in [0.05, 0.1) is 22.7 Å². The van der Waals surface area contributed by atoms with Gasteiger partial charge in [-0.15, -0.1) is 0 Å². The van der Waals surface area contributed by atoms with E-state index in [4.69, 9.17) is 11.6 Å². The van der Waals surface area contributed by atoms with Gasteiger partial charge in [0.2, 0.25) is 5.91 Å². The van der Waals surface area contributed by atoms with Crippen LogP contribution >= 0.6 is 11.6 Å². The highest BCUT2D eigenvalue weighted by Crippen LogP contribution is 2.31. The number of rotatable bonds is 7. The minimum Gasteiger partial charge on any atom is -0.324 e. The first-order valence-corrected chi connectivity index (χ1v) is 8.95. The first-order chi connectivity index (χ1) is 12.9. The van der Waals surface area contributed by atoms with Gasteiger partial charge in [-0.2, -0.15) is 0 Å². The van der Waals surface area contributed by atoms with Gasteiger partial charge in [0.1, 0.15) is 5.82 Å². The molecule has 1 N–H and O–H groups in total. The van der Waals surface area contributed by atoms with Crippen LogP contribution < -0.4 is 5.32 Å². The monoisotopic (exact) mass is 391 g/mol. The molecule has 0 unspecified atom stereocenters. The van der Waals surface area contributed by atoms with Crippen molar-refractivity contribution in [3.8, 4) is 0 Å². The molecule has 0 heterocycles. The van der Waals surface area contributed by atoms with Crippen LogP contribution in [0.5, 0.6) is 0 Å². The van der Waals surface area contributed by atoms with Crippen LogP contribution in [0.4, 0.5) is 15.8 Å². The van der Waals surface area contributed by atoms with Crippen LogP contribution in [0.15, 0.2) is 36.4 Å². The quantitative estimate of drug-likeness (QED) is 0.564. The standard InChI is InChI=1S/C19H19ClFN3O3/c1-12-17(6-3-7-18(12)24(26)27)22-19(25)11-23(13-8-9-13)10-14-15(20)4-2-5-16(14)21/h2-7,13H,8-11H2,1H3,(H,22,25). The number of benzene rings is 2. The fourth-order valence-electron chi connectivity index (χ4n) is 2.97. The van der Waals surface area contributed by atoms with E-state index < -0.39 is 10.7 Å². The van der Waals surface area contributed by atoms with Gasteiger partial charge in [0.15, 0.2) is 0 Å². The van der Waals surface area contributed by atoms with Gasteiger partial charge >= 0.3 is 0 Å². The molecule has 0 aromatic heterocycles. The van der Waals surface area contributed by atoms with Gasteiger partial charge in [-0.1, -0.05) is 23.7 Å². The molecule has 27 heavy (non-hydrogen) atoms. The Morgan fingerprint density at radius 3 is 2.67 bits per heavy atom. The summed E-state index contributed by atoms with van der Waals surface area (Å²) in [6.07, 6.45) is 1.88. The molecule has 1 aliphatic rings. The van der Waals surface area contributed by atoms with E-state index >= 15 is 0 Å². The lowest BCUT2D eigenvalue weighted by molar-refractivity contribution is -0.385. The summed E-state index contributed by atoms with van der Waals surface area (Å²) in [5, 5.41) is 14.1. The maximum atomic E-state index is 14.1. The van der Waals surface area contributed by atoms with Crippen molar-refractivity contribution in [3.05, 3.63) is 68.5 Å². The first-order valence-electron chi connectivity index (χ1n) is 8.57. The molecule has 8 heteroatoms. The molecule has 1 amide bonds. The number of amides is 1. The lowest BCUT2D eigenvalue weighted by atomic mass is 10.1. The summed E-state index contributed by atoms with van der Waals surface area (Å²) in [7, 11) is 0. The third kappa shape index (κ3) is 4.61. The molecule has 142 valence electrons. The third-order valence-electron chi connectivity index (χ3n) is 4.61. The van der Waals surface area contributed by atoms with Crippen molar-refractivity contribution in [1.29, 1.82) is 0 Å². The Kier molecular flexibility index (Phi) is 5.72. The largest absolute Gasteiger partial charge is 0.324 e. The molecule has 6 nitrogen and oxygen atoms in total. The predicted molar refractivity (Wildman–Crippen MR) is 101 cm³/mol. The molecular weight excluding hydrogens is 373 g/mol. The Morgan fingerprint density at radius 2 is 2.04 bits per heavy atom. The van der Waals surface area contributed by atoms with Crippen LogP contribution in [0.2, 0.25) is 5.02 Å². The Bertz CT molecular complexity index is 866. The summed E-state index contributed by atoms with van der Waals surface area (Å²) in [5.41, 5.74) is 1.11. The van der Waals surface area contributed by atoms with Crippen LogP contribution in [0, 0.1) is 22.9 Å². The SMILES string of the molecule is Cc1c(NC(=O)CN(Cc2c(F)cccc2Cl)C2CC2)cccc1[N+](=O)[O-]. The molecule has 0 atom stereocenters. The third-order valence-corrected chi connectivity index (χ3v) is 4.96. The van der Waals surface area contributed by atoms with Crippen molar-refractivity contribution >= 4 is 28.9 Å². The van der Waals surface area contributed by atoms with Gasteiger partial charge < -0.3 is 5.32 Å². The van der Waals surface area contributed by atoms with Crippen LogP contribution in [-0.4, -0.2) is 28.3 Å². The van der Waals surface area contributed by atoms with E-state index in [1.807, 2.05) is 4.90 Å². The van der Waals surface area contributed by atoms with Crippen molar-refractivity contribution in [2.75, 3.05) is 11.9 Å². The van der Waals surface area contributed by atoms with Crippen molar-refractivity contribution in [1.82, 2.24) is 4.90 Å². The van der Waals surface area contributed by atoms with Crippen molar-refractivity contribution in [3.63, 3.8) is 0 Å². The second kappa shape index (κ2) is 8.02. The summed E-state index contributed by atoms with van der Waals surface area (Å²) >= 11 is 6.10. The zero-order valence-electron chi connectivity index (χ0n) is 14.7. The van der Waals surface area contributed by atoms with Crippen LogP contribution in [0.1, 0.15) is 24.0 Å². The van der Waals surface area contributed by atoms with E-state index in [0.717, 1.165) is 12.8 Å². The number of nitrogens with one attached hydrogen (secondary N) is 1. The molecule has 1 saturated carbocycles. The number of carbonyl (C=O) groups is 1. The first kappa shape index (κ1) is 19.3. The molecular formula is C19H19ClFN3O3. The molecule has 0 saturated heterocycles. The fraction of sp³-hybridized carbons (Fsp3) is 0.316. The van der Waals surface area contributed by atoms with E-state index in [2.05, 4.69) is 5.32 Å². The maximum absolute atomic E-state index is 14.1. The highest BCUT2D eigenvalue weighted by molar-refractivity contribution is 6.31. The number of anilines is 1. The normalized spacial score (nSPS) is 13.6. The van der Waals surface area contributed by atoms with Crippen molar-refractivity contribution < 1.29 is 14.1 Å². The molecule has 3 rings (SSSR count). The fourth-order valence-corrected chi connectivity index (χ4v) is 3.19. The lowest BCUT2D eigenvalue weighted by Gasteiger charge is -2.22. The molecule has 1 aliphatic carbocycles. The molecule has 0 radical (unpaired) electrons. The van der Waals surface area contributed by atoms with Gasteiger partial charge in [0, 0.05) is 29.2 Å². The second-order valence-electron chi connectivity index (χ2n) is 6.59. The number of nitro benzene ring substituents is 1. The molecule has 1 fully saturated rings. The maximum Gasteiger partial charge on any atom is 0.274 e. The summed E-state index contributed by atoms with van der Waals surface area (Å²) in [6.45, 7) is 1.88. The van der Waals surface area contributed by atoms with E-state index in [-0.39, 0.29) is 30.7 Å². The van der Waals surface area contributed by atoms with E-state index in [0.29, 0.717) is 21.8 Å². The van der Waals surface area contributed by atoms with E-state index in [9.17, 15) is 19.3 Å². The number of hydrogen-bond donors (Lipinski definition) is 1. The van der Waals surface area contributed by atoms with Gasteiger partial charge in [0.25, 0.3) is 5.69 Å². The minimum atomic E-state index is -0.484. The zero-order chi connectivity index (χ0) is 19.6.